The quantitative estimate of drug-likeness (QED) is 0.292. The highest BCUT2D eigenvalue weighted by atomic mass is 16.5. The van der Waals surface area contributed by atoms with E-state index in [1.807, 2.05) is 37.3 Å². The summed E-state index contributed by atoms with van der Waals surface area (Å²) in [5.41, 5.74) is 3.76. The van der Waals surface area contributed by atoms with Crippen LogP contribution in [0.25, 0.3) is 17.0 Å². The van der Waals surface area contributed by atoms with Crippen LogP contribution in [0.15, 0.2) is 47.8 Å². The predicted molar refractivity (Wildman–Crippen MR) is 87.1 cm³/mol. The number of methoxy groups -OCH3 is 1. The number of carbonyl (C=O) groups excluding carboxylic acids is 1. The molecule has 0 fully saturated rings. The second-order valence-electron chi connectivity index (χ2n) is 4.98. The summed E-state index contributed by atoms with van der Waals surface area (Å²) in [4.78, 5) is 14.7. The van der Waals surface area contributed by atoms with Crippen LogP contribution in [-0.4, -0.2) is 29.0 Å². The van der Waals surface area contributed by atoms with Crippen LogP contribution in [0.4, 0.5) is 0 Å². The molecule has 22 heavy (non-hydrogen) atoms. The van der Waals surface area contributed by atoms with Crippen molar-refractivity contribution in [3.05, 3.63) is 53.8 Å². The molecule has 0 unspecified atom stereocenters. The summed E-state index contributed by atoms with van der Waals surface area (Å²) in [5.74, 6) is -0.643. The summed E-state index contributed by atoms with van der Waals surface area (Å²) in [6.45, 7) is 5.77. The smallest absolute Gasteiger partial charge is 0.356 e. The fourth-order valence-electron chi connectivity index (χ4n) is 2.20. The summed E-state index contributed by atoms with van der Waals surface area (Å²) < 4.78 is 4.59. The third kappa shape index (κ3) is 3.25. The number of nitrogens with zero attached hydrogens (tertiary/aromatic N) is 1. The first-order valence-electron chi connectivity index (χ1n) is 6.78. The molecular weight excluding hydrogens is 280 g/mol. The minimum absolute atomic E-state index is 0.0359. The van der Waals surface area contributed by atoms with Crippen molar-refractivity contribution < 1.29 is 14.7 Å². The van der Waals surface area contributed by atoms with E-state index >= 15 is 0 Å². The molecule has 0 spiro atoms. The molecule has 0 atom stereocenters. The third-order valence-electron chi connectivity index (χ3n) is 3.28. The molecule has 5 nitrogen and oxygen atoms in total. The molecule has 1 aromatic heterocycles. The minimum atomic E-state index is -0.643. The van der Waals surface area contributed by atoms with Crippen LogP contribution < -0.4 is 0 Å². The molecular formula is C17H18N2O3. The van der Waals surface area contributed by atoms with Gasteiger partial charge >= 0.3 is 5.97 Å². The van der Waals surface area contributed by atoms with Crippen molar-refractivity contribution in [2.24, 2.45) is 5.16 Å². The highest BCUT2D eigenvalue weighted by Crippen LogP contribution is 2.23. The first-order valence-corrected chi connectivity index (χ1v) is 6.78. The summed E-state index contributed by atoms with van der Waals surface area (Å²) in [6, 6.07) is 5.88. The van der Waals surface area contributed by atoms with Crippen molar-refractivity contribution in [2.45, 2.75) is 13.3 Å². The fraction of sp³-hybridized carbons (Fsp3) is 0.176. The zero-order valence-corrected chi connectivity index (χ0v) is 12.6. The van der Waals surface area contributed by atoms with E-state index in [9.17, 15) is 4.79 Å². The number of hydrogen-bond donors (Lipinski definition) is 2. The number of fused-ring (bicyclic) bond motifs is 1. The average molecular weight is 298 g/mol. The molecule has 1 heterocycles. The van der Waals surface area contributed by atoms with Gasteiger partial charge in [-0.2, -0.15) is 0 Å². The normalized spacial score (nSPS) is 12.0. The number of esters is 1. The predicted octanol–water partition coefficient (Wildman–Crippen LogP) is 3.30. The number of oxime groups is 1. The fourth-order valence-corrected chi connectivity index (χ4v) is 2.20. The van der Waals surface area contributed by atoms with E-state index in [1.165, 1.54) is 7.11 Å². The van der Waals surface area contributed by atoms with Gasteiger partial charge in [-0.25, -0.2) is 4.79 Å². The van der Waals surface area contributed by atoms with Crippen LogP contribution in [0.3, 0.4) is 0 Å². The van der Waals surface area contributed by atoms with Gasteiger partial charge in [-0.1, -0.05) is 47.7 Å². The van der Waals surface area contributed by atoms with Crippen molar-refractivity contribution in [3.63, 3.8) is 0 Å². The second kappa shape index (κ2) is 6.76. The Balaban J connectivity index is 2.40. The van der Waals surface area contributed by atoms with Gasteiger partial charge in [-0.05, 0) is 18.1 Å². The van der Waals surface area contributed by atoms with Gasteiger partial charge in [0, 0.05) is 18.0 Å². The first kappa shape index (κ1) is 15.6. The van der Waals surface area contributed by atoms with Gasteiger partial charge in [-0.15, -0.1) is 0 Å². The second-order valence-corrected chi connectivity index (χ2v) is 4.98. The number of para-hydroxylation sites is 1. The molecule has 0 saturated heterocycles. The van der Waals surface area contributed by atoms with Gasteiger partial charge in [0.05, 0.1) is 12.6 Å². The molecule has 0 aliphatic rings. The van der Waals surface area contributed by atoms with Crippen molar-refractivity contribution in [2.75, 3.05) is 7.11 Å². The van der Waals surface area contributed by atoms with Gasteiger partial charge in [0.15, 0.2) is 5.71 Å². The standard InChI is InChI=1S/C17H18N2O3/c1-11(2)7-8-12-5-4-6-14-13(10-18-16(12)14)9-15(19-21)17(20)22-3/h4-8,10,18,21H,1,9H2,2-3H3/b8-7+,19-15-. The first-order chi connectivity index (χ1) is 10.6. The van der Waals surface area contributed by atoms with Crippen LogP contribution in [0, 0.1) is 0 Å². The zero-order valence-electron chi connectivity index (χ0n) is 12.6. The Morgan fingerprint density at radius 3 is 2.91 bits per heavy atom. The molecule has 5 heteroatoms. The average Bonchev–Trinajstić information content (AvgIpc) is 2.93. The van der Waals surface area contributed by atoms with Gasteiger partial charge < -0.3 is 14.9 Å². The molecule has 0 radical (unpaired) electrons. The van der Waals surface area contributed by atoms with Crippen molar-refractivity contribution >= 4 is 28.7 Å². The van der Waals surface area contributed by atoms with Crippen molar-refractivity contribution in [1.29, 1.82) is 0 Å². The number of ether oxygens (including phenoxy) is 1. The van der Waals surface area contributed by atoms with Crippen LogP contribution in [0.2, 0.25) is 0 Å². The molecule has 0 bridgehead atoms. The lowest BCUT2D eigenvalue weighted by molar-refractivity contribution is -0.132. The Bertz CT molecular complexity index is 769. The lowest BCUT2D eigenvalue weighted by atomic mass is 10.0. The van der Waals surface area contributed by atoms with Crippen LogP contribution in [0.5, 0.6) is 0 Å². The van der Waals surface area contributed by atoms with E-state index in [2.05, 4.69) is 21.5 Å². The Labute approximate surface area is 128 Å². The maximum absolute atomic E-state index is 11.5. The summed E-state index contributed by atoms with van der Waals surface area (Å²) >= 11 is 0. The van der Waals surface area contributed by atoms with E-state index in [0.717, 1.165) is 27.6 Å². The van der Waals surface area contributed by atoms with Crippen LogP contribution in [0.1, 0.15) is 18.1 Å². The SMILES string of the molecule is C=C(C)/C=C/c1cccc2c(C/C(=N/O)C(=O)OC)c[nH]c12. The number of rotatable bonds is 5. The molecule has 2 N–H and O–H groups in total. The number of allylic oxidation sites excluding steroid dienone is 2. The van der Waals surface area contributed by atoms with Crippen LogP contribution >= 0.6 is 0 Å². The number of benzene rings is 1. The largest absolute Gasteiger partial charge is 0.464 e. The topological polar surface area (TPSA) is 74.7 Å². The molecule has 0 aliphatic heterocycles. The zero-order chi connectivity index (χ0) is 16.1. The Hall–Kier alpha value is -2.82. The van der Waals surface area contributed by atoms with Gasteiger partial charge in [0.1, 0.15) is 0 Å². The van der Waals surface area contributed by atoms with Gasteiger partial charge in [-0.3, -0.25) is 0 Å². The summed E-state index contributed by atoms with van der Waals surface area (Å²) in [5, 5.41) is 12.9. The molecule has 0 aliphatic carbocycles. The van der Waals surface area contributed by atoms with Gasteiger partial charge in [0.2, 0.25) is 0 Å². The number of carbonyl (C=O) groups is 1. The van der Waals surface area contributed by atoms with Gasteiger partial charge in [0.25, 0.3) is 0 Å². The van der Waals surface area contributed by atoms with Crippen molar-refractivity contribution in [3.8, 4) is 0 Å². The van der Waals surface area contributed by atoms with E-state index < -0.39 is 5.97 Å². The highest BCUT2D eigenvalue weighted by molar-refractivity contribution is 6.37. The number of aromatic nitrogens is 1. The lowest BCUT2D eigenvalue weighted by Crippen LogP contribution is -2.18. The summed E-state index contributed by atoms with van der Waals surface area (Å²) in [7, 11) is 1.25. The number of hydrogen-bond acceptors (Lipinski definition) is 4. The number of nitrogens with one attached hydrogen (secondary N) is 1. The monoisotopic (exact) mass is 298 g/mol. The lowest BCUT2D eigenvalue weighted by Gasteiger charge is -2.02. The van der Waals surface area contributed by atoms with Crippen molar-refractivity contribution in [1.82, 2.24) is 4.98 Å². The van der Waals surface area contributed by atoms with E-state index in [4.69, 9.17) is 5.21 Å². The molecule has 0 amide bonds. The minimum Gasteiger partial charge on any atom is -0.464 e. The molecule has 2 aromatic rings. The maximum Gasteiger partial charge on any atom is 0.356 e. The number of H-pyrrole nitrogens is 1. The van der Waals surface area contributed by atoms with E-state index in [0.29, 0.717) is 0 Å². The molecule has 1 aromatic carbocycles. The van der Waals surface area contributed by atoms with Crippen LogP contribution in [-0.2, 0) is 16.0 Å². The van der Waals surface area contributed by atoms with E-state index in [-0.39, 0.29) is 12.1 Å². The Kier molecular flexibility index (Phi) is 4.78. The molecule has 0 saturated carbocycles. The summed E-state index contributed by atoms with van der Waals surface area (Å²) in [6.07, 6.45) is 5.91. The third-order valence-corrected chi connectivity index (χ3v) is 3.28. The molecule has 2 rings (SSSR count). The maximum atomic E-state index is 11.5. The Morgan fingerprint density at radius 2 is 2.27 bits per heavy atom. The molecule has 114 valence electrons. The highest BCUT2D eigenvalue weighted by Gasteiger charge is 2.16. The Morgan fingerprint density at radius 1 is 1.50 bits per heavy atom. The van der Waals surface area contributed by atoms with E-state index in [1.54, 1.807) is 6.20 Å². The number of aromatic amines is 1.